The van der Waals surface area contributed by atoms with E-state index < -0.39 is 0 Å². The van der Waals surface area contributed by atoms with Gasteiger partial charge in [-0.25, -0.2) is 0 Å². The summed E-state index contributed by atoms with van der Waals surface area (Å²) in [4.78, 5) is 1.20. The Bertz CT molecular complexity index is 540. The lowest BCUT2D eigenvalue weighted by Crippen LogP contribution is -1.87. The van der Waals surface area contributed by atoms with Crippen molar-refractivity contribution in [3.63, 3.8) is 0 Å². The van der Waals surface area contributed by atoms with Crippen molar-refractivity contribution in [2.24, 2.45) is 0 Å². The highest BCUT2D eigenvalue weighted by Gasteiger charge is 2.04. The Kier molecular flexibility index (Phi) is 4.87. The van der Waals surface area contributed by atoms with E-state index in [9.17, 15) is 0 Å². The van der Waals surface area contributed by atoms with Crippen molar-refractivity contribution in [1.82, 2.24) is 0 Å². The average Bonchev–Trinajstić information content (AvgIpc) is 2.39. The van der Waals surface area contributed by atoms with Crippen LogP contribution in [0.15, 0.2) is 51.8 Å². The first kappa shape index (κ1) is 13.7. The Morgan fingerprint density at radius 3 is 2.61 bits per heavy atom. The second kappa shape index (κ2) is 6.41. The van der Waals surface area contributed by atoms with E-state index in [0.717, 1.165) is 15.8 Å². The Morgan fingerprint density at radius 2 is 1.94 bits per heavy atom. The van der Waals surface area contributed by atoms with Gasteiger partial charge in [0.05, 0.1) is 6.61 Å². The third-order valence-corrected chi connectivity index (χ3v) is 4.86. The molecule has 1 N–H and O–H groups in total. The second-order valence-corrected chi connectivity index (χ2v) is 6.01. The Morgan fingerprint density at radius 1 is 1.17 bits per heavy atom. The van der Waals surface area contributed by atoms with E-state index in [1.165, 1.54) is 16.0 Å². The van der Waals surface area contributed by atoms with Crippen LogP contribution in [0.3, 0.4) is 0 Å². The van der Waals surface area contributed by atoms with Crippen LogP contribution in [0.25, 0.3) is 0 Å². The maximum Gasteiger partial charge on any atom is 0.0682 e. The van der Waals surface area contributed by atoms with E-state index in [1.54, 1.807) is 11.8 Å². The highest BCUT2D eigenvalue weighted by Crippen LogP contribution is 2.31. The molecule has 1 nitrogen and oxygen atoms in total. The number of aliphatic hydroxyl groups is 1. The summed E-state index contributed by atoms with van der Waals surface area (Å²) in [5.41, 5.74) is 3.62. The van der Waals surface area contributed by atoms with Crippen molar-refractivity contribution < 1.29 is 5.11 Å². The van der Waals surface area contributed by atoms with Gasteiger partial charge in [0.25, 0.3) is 0 Å². The number of halogens is 1. The molecule has 0 saturated carbocycles. The minimum absolute atomic E-state index is 0.0847. The zero-order valence-electron chi connectivity index (χ0n) is 10.2. The molecule has 0 aliphatic carbocycles. The average molecular weight is 323 g/mol. The number of rotatable bonds is 4. The molecule has 0 unspecified atom stereocenters. The molecule has 0 aromatic heterocycles. The molecule has 2 aromatic carbocycles. The molecule has 2 aromatic rings. The van der Waals surface area contributed by atoms with Gasteiger partial charge in [-0.05, 0) is 51.7 Å². The van der Waals surface area contributed by atoms with Crippen LogP contribution in [0.1, 0.15) is 16.7 Å². The Labute approximate surface area is 120 Å². The molecule has 0 bridgehead atoms. The zero-order chi connectivity index (χ0) is 13.0. The van der Waals surface area contributed by atoms with Crippen molar-refractivity contribution >= 4 is 27.7 Å². The lowest BCUT2D eigenvalue weighted by atomic mass is 10.1. The third kappa shape index (κ3) is 3.37. The van der Waals surface area contributed by atoms with E-state index >= 15 is 0 Å². The van der Waals surface area contributed by atoms with E-state index in [0.29, 0.717) is 0 Å². The molecule has 0 fully saturated rings. The molecule has 94 valence electrons. The van der Waals surface area contributed by atoms with Gasteiger partial charge < -0.3 is 5.11 Å². The smallest absolute Gasteiger partial charge is 0.0682 e. The van der Waals surface area contributed by atoms with Crippen LogP contribution in [0.2, 0.25) is 0 Å². The fraction of sp³-hybridized carbons (Fsp3) is 0.200. The largest absolute Gasteiger partial charge is 0.392 e. The number of hydrogen-bond donors (Lipinski definition) is 1. The quantitative estimate of drug-likeness (QED) is 0.834. The van der Waals surface area contributed by atoms with Crippen molar-refractivity contribution in [2.45, 2.75) is 24.2 Å². The Balaban J connectivity index is 2.09. The van der Waals surface area contributed by atoms with E-state index in [1.807, 2.05) is 12.1 Å². The molecule has 0 heterocycles. The Hall–Kier alpha value is -0.770. The summed E-state index contributed by atoms with van der Waals surface area (Å²) >= 11 is 5.35. The summed E-state index contributed by atoms with van der Waals surface area (Å²) < 4.78 is 1.05. The standard InChI is InChI=1S/C15H15BrOS/c1-11-4-2-3-5-13(11)10-18-15-7-6-12(9-17)8-14(15)16/h2-8,17H,9-10H2,1H3. The number of benzene rings is 2. The molecule has 0 aliphatic heterocycles. The van der Waals surface area contributed by atoms with Crippen molar-refractivity contribution in [2.75, 3.05) is 0 Å². The van der Waals surface area contributed by atoms with Gasteiger partial charge in [0, 0.05) is 15.1 Å². The molecule has 0 radical (unpaired) electrons. The van der Waals surface area contributed by atoms with Crippen LogP contribution in [0.5, 0.6) is 0 Å². The number of aliphatic hydroxyl groups excluding tert-OH is 1. The van der Waals surface area contributed by atoms with Gasteiger partial charge in [-0.15, -0.1) is 11.8 Å². The fourth-order valence-corrected chi connectivity index (χ4v) is 3.45. The molecular formula is C15H15BrOS. The molecule has 2 rings (SSSR count). The molecule has 0 saturated heterocycles. The predicted molar refractivity (Wildman–Crippen MR) is 80.8 cm³/mol. The monoisotopic (exact) mass is 322 g/mol. The van der Waals surface area contributed by atoms with Crippen molar-refractivity contribution in [1.29, 1.82) is 0 Å². The lowest BCUT2D eigenvalue weighted by Gasteiger charge is -2.08. The highest BCUT2D eigenvalue weighted by atomic mass is 79.9. The maximum absolute atomic E-state index is 9.07. The summed E-state index contributed by atoms with van der Waals surface area (Å²) in [5, 5.41) is 9.07. The zero-order valence-corrected chi connectivity index (χ0v) is 12.6. The van der Waals surface area contributed by atoms with Gasteiger partial charge >= 0.3 is 0 Å². The summed E-state index contributed by atoms with van der Waals surface area (Å²) in [6.07, 6.45) is 0. The van der Waals surface area contributed by atoms with Gasteiger partial charge in [-0.1, -0.05) is 30.3 Å². The van der Waals surface area contributed by atoms with Gasteiger partial charge in [0.15, 0.2) is 0 Å². The third-order valence-electron chi connectivity index (χ3n) is 2.82. The molecule has 0 aliphatic rings. The molecule has 3 heteroatoms. The number of thioether (sulfide) groups is 1. The van der Waals surface area contributed by atoms with Crippen LogP contribution >= 0.6 is 27.7 Å². The molecule has 0 atom stereocenters. The summed E-state index contributed by atoms with van der Waals surface area (Å²) in [6.45, 7) is 2.22. The highest BCUT2D eigenvalue weighted by molar-refractivity contribution is 9.10. The first-order valence-corrected chi connectivity index (χ1v) is 7.55. The first-order chi connectivity index (χ1) is 8.70. The first-order valence-electron chi connectivity index (χ1n) is 5.77. The van der Waals surface area contributed by atoms with E-state index in [-0.39, 0.29) is 6.61 Å². The molecular weight excluding hydrogens is 308 g/mol. The van der Waals surface area contributed by atoms with Crippen LogP contribution in [-0.4, -0.2) is 5.11 Å². The van der Waals surface area contributed by atoms with Crippen LogP contribution < -0.4 is 0 Å². The normalized spacial score (nSPS) is 10.6. The molecule has 0 amide bonds. The van der Waals surface area contributed by atoms with Gasteiger partial charge in [0.1, 0.15) is 0 Å². The van der Waals surface area contributed by atoms with Gasteiger partial charge in [-0.3, -0.25) is 0 Å². The predicted octanol–water partition coefficient (Wildman–Crippen LogP) is 4.54. The number of aryl methyl sites for hydroxylation is 1. The van der Waals surface area contributed by atoms with Crippen LogP contribution in [-0.2, 0) is 12.4 Å². The second-order valence-electron chi connectivity index (χ2n) is 4.14. The molecule has 18 heavy (non-hydrogen) atoms. The summed E-state index contributed by atoms with van der Waals surface area (Å²) in [6, 6.07) is 14.4. The van der Waals surface area contributed by atoms with Crippen molar-refractivity contribution in [3.8, 4) is 0 Å². The van der Waals surface area contributed by atoms with Crippen molar-refractivity contribution in [3.05, 3.63) is 63.6 Å². The molecule has 0 spiro atoms. The maximum atomic E-state index is 9.07. The van der Waals surface area contributed by atoms with Crippen LogP contribution in [0.4, 0.5) is 0 Å². The van der Waals surface area contributed by atoms with E-state index in [4.69, 9.17) is 5.11 Å². The van der Waals surface area contributed by atoms with Crippen LogP contribution in [0, 0.1) is 6.92 Å². The summed E-state index contributed by atoms with van der Waals surface area (Å²) in [7, 11) is 0. The number of hydrogen-bond acceptors (Lipinski definition) is 2. The van der Waals surface area contributed by atoms with Gasteiger partial charge in [-0.2, -0.15) is 0 Å². The lowest BCUT2D eigenvalue weighted by molar-refractivity contribution is 0.281. The summed E-state index contributed by atoms with van der Waals surface area (Å²) in [5.74, 6) is 0.962. The van der Waals surface area contributed by atoms with Gasteiger partial charge in [0.2, 0.25) is 0 Å². The van der Waals surface area contributed by atoms with E-state index in [2.05, 4.69) is 53.2 Å². The minimum atomic E-state index is 0.0847. The topological polar surface area (TPSA) is 20.2 Å². The minimum Gasteiger partial charge on any atom is -0.392 e. The fourth-order valence-electron chi connectivity index (χ4n) is 1.69. The SMILES string of the molecule is Cc1ccccc1CSc1ccc(CO)cc1Br.